The van der Waals surface area contributed by atoms with Crippen molar-refractivity contribution in [2.45, 2.75) is 19.6 Å². The summed E-state index contributed by atoms with van der Waals surface area (Å²) in [5, 5.41) is 4.36. The molecule has 1 aromatic carbocycles. The highest BCUT2D eigenvalue weighted by Gasteiger charge is 2.16. The number of nitrogens with zero attached hydrogens (tertiary/aromatic N) is 3. The van der Waals surface area contributed by atoms with E-state index in [4.69, 9.17) is 20.8 Å². The van der Waals surface area contributed by atoms with Crippen molar-refractivity contribution in [1.82, 2.24) is 19.9 Å². The van der Waals surface area contributed by atoms with Gasteiger partial charge in [0.2, 0.25) is 0 Å². The monoisotopic (exact) mass is 473 g/mol. The molecule has 0 fully saturated rings. The van der Waals surface area contributed by atoms with Gasteiger partial charge in [0.05, 0.1) is 22.3 Å². The molecule has 4 heterocycles. The minimum atomic E-state index is -0.368. The van der Waals surface area contributed by atoms with Crippen molar-refractivity contribution in [3.05, 3.63) is 100 Å². The number of pyridine rings is 3. The van der Waals surface area contributed by atoms with Crippen LogP contribution in [0.5, 0.6) is 5.75 Å². The zero-order chi connectivity index (χ0) is 23.5. The van der Waals surface area contributed by atoms with Gasteiger partial charge in [0.15, 0.2) is 0 Å². The average molecular weight is 474 g/mol. The highest BCUT2D eigenvalue weighted by molar-refractivity contribution is 6.32. The summed E-state index contributed by atoms with van der Waals surface area (Å²) in [6.07, 6.45) is 6.64. The van der Waals surface area contributed by atoms with Gasteiger partial charge < -0.3 is 19.5 Å². The van der Waals surface area contributed by atoms with Crippen LogP contribution in [-0.2, 0) is 6.61 Å². The molecule has 0 radical (unpaired) electrons. The zero-order valence-corrected chi connectivity index (χ0v) is 18.9. The number of rotatable bonds is 7. The molecule has 0 aliphatic carbocycles. The summed E-state index contributed by atoms with van der Waals surface area (Å²) in [7, 11) is 0. The van der Waals surface area contributed by atoms with Gasteiger partial charge in [0, 0.05) is 41.2 Å². The lowest BCUT2D eigenvalue weighted by Gasteiger charge is -2.14. The lowest BCUT2D eigenvalue weighted by molar-refractivity contribution is 0.302. The summed E-state index contributed by atoms with van der Waals surface area (Å²) >= 11 is 6.45. The summed E-state index contributed by atoms with van der Waals surface area (Å²) in [5.74, 6) is 0.470. The Morgan fingerprint density at radius 1 is 1.18 bits per heavy atom. The van der Waals surface area contributed by atoms with E-state index in [-0.39, 0.29) is 18.2 Å². The first kappa shape index (κ1) is 21.7. The van der Waals surface area contributed by atoms with Gasteiger partial charge >= 0.3 is 0 Å². The number of anilines is 1. The smallest absolute Gasteiger partial charge is 0.295 e. The maximum atomic E-state index is 12.8. The van der Waals surface area contributed by atoms with Crippen molar-refractivity contribution < 1.29 is 9.15 Å². The molecule has 4 aromatic heterocycles. The second-order valence-electron chi connectivity index (χ2n) is 7.68. The van der Waals surface area contributed by atoms with E-state index < -0.39 is 0 Å². The highest BCUT2D eigenvalue weighted by atomic mass is 35.5. The van der Waals surface area contributed by atoms with Crippen LogP contribution in [0.2, 0.25) is 5.02 Å². The van der Waals surface area contributed by atoms with Gasteiger partial charge in [-0.1, -0.05) is 17.7 Å². The lowest BCUT2D eigenvalue weighted by atomic mass is 10.1. The molecule has 34 heavy (non-hydrogen) atoms. The number of hydrogen-bond acceptors (Lipinski definition) is 7. The van der Waals surface area contributed by atoms with Crippen LogP contribution in [0, 0.1) is 0 Å². The van der Waals surface area contributed by atoms with E-state index in [2.05, 4.69) is 25.3 Å². The Bertz CT molecular complexity index is 1490. The SMILES string of the molecule is CC(Nc1nc(-c2cccnc2)co1)c1cc2cc(Cl)c(OCc3ccccn3)cc2[nH]c1=O. The normalized spacial score (nSPS) is 11.9. The number of nitrogens with one attached hydrogen (secondary N) is 2. The number of aromatic nitrogens is 4. The van der Waals surface area contributed by atoms with Crippen molar-refractivity contribution >= 4 is 28.5 Å². The summed E-state index contributed by atoms with van der Waals surface area (Å²) in [5.41, 5.74) is 3.18. The van der Waals surface area contributed by atoms with E-state index in [0.717, 1.165) is 16.6 Å². The Balaban J connectivity index is 1.36. The molecular weight excluding hydrogens is 454 g/mol. The molecule has 0 bridgehead atoms. The van der Waals surface area contributed by atoms with Gasteiger partial charge in [-0.05, 0) is 43.3 Å². The summed E-state index contributed by atoms with van der Waals surface area (Å²) < 4.78 is 11.3. The number of fused-ring (bicyclic) bond motifs is 1. The number of oxazole rings is 1. The van der Waals surface area contributed by atoms with Crippen LogP contribution in [-0.4, -0.2) is 19.9 Å². The standard InChI is InChI=1S/C25H20ClN5O3/c1-15(29-25-31-22(14-34-25)16-5-4-7-27-12-16)19-9-17-10-20(26)23(11-21(17)30-24(19)32)33-13-18-6-2-3-8-28-18/h2-12,14-15H,13H2,1H3,(H,29,31)(H,30,32). The van der Waals surface area contributed by atoms with Gasteiger partial charge in [0.25, 0.3) is 11.6 Å². The Morgan fingerprint density at radius 2 is 2.09 bits per heavy atom. The fourth-order valence-corrected chi connectivity index (χ4v) is 3.77. The Morgan fingerprint density at radius 3 is 2.88 bits per heavy atom. The van der Waals surface area contributed by atoms with E-state index in [9.17, 15) is 4.79 Å². The molecule has 0 spiro atoms. The van der Waals surface area contributed by atoms with Gasteiger partial charge in [-0.2, -0.15) is 4.98 Å². The number of aromatic amines is 1. The third-order valence-electron chi connectivity index (χ3n) is 5.30. The maximum absolute atomic E-state index is 12.8. The molecule has 2 N–H and O–H groups in total. The molecule has 0 aliphatic rings. The summed E-state index contributed by atoms with van der Waals surface area (Å²) in [6.45, 7) is 2.13. The van der Waals surface area contributed by atoms with Crippen molar-refractivity contribution in [2.75, 3.05) is 5.32 Å². The van der Waals surface area contributed by atoms with Crippen molar-refractivity contribution in [2.24, 2.45) is 0 Å². The Labute approximate surface area is 199 Å². The number of H-pyrrole nitrogens is 1. The van der Waals surface area contributed by atoms with Gasteiger partial charge in [-0.15, -0.1) is 0 Å². The third kappa shape index (κ3) is 4.62. The third-order valence-corrected chi connectivity index (χ3v) is 5.59. The predicted octanol–water partition coefficient (Wildman–Crippen LogP) is 5.38. The second-order valence-corrected chi connectivity index (χ2v) is 8.09. The molecule has 8 nitrogen and oxygen atoms in total. The first-order chi connectivity index (χ1) is 16.6. The molecule has 0 aliphatic heterocycles. The molecule has 0 saturated carbocycles. The minimum absolute atomic E-state index is 0.232. The lowest BCUT2D eigenvalue weighted by Crippen LogP contribution is -2.19. The summed E-state index contributed by atoms with van der Waals surface area (Å²) in [4.78, 5) is 28.5. The van der Waals surface area contributed by atoms with Crippen LogP contribution >= 0.6 is 11.6 Å². The molecular formula is C25H20ClN5O3. The van der Waals surface area contributed by atoms with E-state index in [1.54, 1.807) is 43.1 Å². The van der Waals surface area contributed by atoms with Crippen LogP contribution in [0.1, 0.15) is 24.2 Å². The molecule has 0 saturated heterocycles. The number of hydrogen-bond donors (Lipinski definition) is 2. The number of benzene rings is 1. The van der Waals surface area contributed by atoms with Gasteiger partial charge in [-0.3, -0.25) is 14.8 Å². The fourth-order valence-electron chi connectivity index (χ4n) is 3.54. The van der Waals surface area contributed by atoms with Gasteiger partial charge in [0.1, 0.15) is 24.3 Å². The Hall–Kier alpha value is -4.17. The maximum Gasteiger partial charge on any atom is 0.295 e. The number of ether oxygens (including phenoxy) is 1. The minimum Gasteiger partial charge on any atom is -0.486 e. The molecule has 5 rings (SSSR count). The highest BCUT2D eigenvalue weighted by Crippen LogP contribution is 2.31. The van der Waals surface area contributed by atoms with Crippen LogP contribution in [0.25, 0.3) is 22.2 Å². The molecule has 1 atom stereocenters. The largest absolute Gasteiger partial charge is 0.486 e. The van der Waals surface area contributed by atoms with Crippen molar-refractivity contribution in [3.63, 3.8) is 0 Å². The second kappa shape index (κ2) is 9.36. The van der Waals surface area contributed by atoms with E-state index in [1.165, 1.54) is 0 Å². The summed E-state index contributed by atoms with van der Waals surface area (Å²) in [6, 6.07) is 14.5. The zero-order valence-electron chi connectivity index (χ0n) is 18.2. The van der Waals surface area contributed by atoms with E-state index in [1.807, 2.05) is 37.3 Å². The van der Waals surface area contributed by atoms with E-state index in [0.29, 0.717) is 33.6 Å². The first-order valence-corrected chi connectivity index (χ1v) is 11.0. The van der Waals surface area contributed by atoms with Crippen LogP contribution in [0.4, 0.5) is 6.01 Å². The van der Waals surface area contributed by atoms with Gasteiger partial charge in [-0.25, -0.2) is 0 Å². The molecule has 5 aromatic rings. The Kier molecular flexibility index (Phi) is 5.97. The van der Waals surface area contributed by atoms with Crippen molar-refractivity contribution in [3.8, 4) is 17.0 Å². The van der Waals surface area contributed by atoms with Crippen LogP contribution in [0.3, 0.4) is 0 Å². The van der Waals surface area contributed by atoms with Crippen LogP contribution in [0.15, 0.2) is 82.6 Å². The van der Waals surface area contributed by atoms with Crippen molar-refractivity contribution in [1.29, 1.82) is 0 Å². The molecule has 1 unspecified atom stereocenters. The predicted molar refractivity (Wildman–Crippen MR) is 130 cm³/mol. The molecule has 9 heteroatoms. The molecule has 0 amide bonds. The number of halogens is 1. The topological polar surface area (TPSA) is 106 Å². The first-order valence-electron chi connectivity index (χ1n) is 10.6. The van der Waals surface area contributed by atoms with E-state index >= 15 is 0 Å². The average Bonchev–Trinajstić information content (AvgIpc) is 3.32. The van der Waals surface area contributed by atoms with Crippen LogP contribution < -0.4 is 15.6 Å². The quantitative estimate of drug-likeness (QED) is 0.327. The fraction of sp³-hybridized carbons (Fsp3) is 0.120. The molecule has 170 valence electrons.